The minimum absolute atomic E-state index is 0.601. The number of benzene rings is 1. The van der Waals surface area contributed by atoms with Crippen molar-refractivity contribution < 1.29 is 0 Å². The summed E-state index contributed by atoms with van der Waals surface area (Å²) < 4.78 is 1.18. The molecule has 0 aromatic heterocycles. The molecule has 19 heavy (non-hydrogen) atoms. The summed E-state index contributed by atoms with van der Waals surface area (Å²) in [6.07, 6.45) is 2.53. The van der Waals surface area contributed by atoms with Crippen LogP contribution in [0.15, 0.2) is 22.7 Å². The Morgan fingerprint density at radius 1 is 1.21 bits per heavy atom. The van der Waals surface area contributed by atoms with Gasteiger partial charge in [0.1, 0.15) is 0 Å². The molecular weight excluding hydrogens is 300 g/mol. The Kier molecular flexibility index (Phi) is 7.66. The van der Waals surface area contributed by atoms with E-state index in [1.165, 1.54) is 35.0 Å². The van der Waals surface area contributed by atoms with Gasteiger partial charge in [-0.05, 0) is 29.7 Å². The van der Waals surface area contributed by atoms with Crippen LogP contribution in [0.2, 0.25) is 0 Å². The van der Waals surface area contributed by atoms with E-state index in [-0.39, 0.29) is 0 Å². The molecule has 0 amide bonds. The van der Waals surface area contributed by atoms with Crippen molar-refractivity contribution in [2.45, 2.75) is 46.7 Å². The third kappa shape index (κ3) is 5.25. The van der Waals surface area contributed by atoms with Gasteiger partial charge in [-0.15, -0.1) is 0 Å². The summed E-state index contributed by atoms with van der Waals surface area (Å²) in [5.41, 5.74) is 8.20. The van der Waals surface area contributed by atoms with Gasteiger partial charge in [-0.1, -0.05) is 61.7 Å². The van der Waals surface area contributed by atoms with Gasteiger partial charge in [-0.3, -0.25) is 4.90 Å². The summed E-state index contributed by atoms with van der Waals surface area (Å²) in [5, 5.41) is 0. The second-order valence-corrected chi connectivity index (χ2v) is 5.99. The third-order valence-electron chi connectivity index (χ3n) is 3.87. The highest BCUT2D eigenvalue weighted by molar-refractivity contribution is 9.10. The van der Waals surface area contributed by atoms with Crippen LogP contribution in [0.25, 0.3) is 0 Å². The van der Waals surface area contributed by atoms with E-state index in [1.807, 2.05) is 0 Å². The molecular formula is C16H27BrN2. The van der Waals surface area contributed by atoms with E-state index in [2.05, 4.69) is 59.8 Å². The normalized spacial score (nSPS) is 11.5. The van der Waals surface area contributed by atoms with Gasteiger partial charge in [-0.2, -0.15) is 0 Å². The second kappa shape index (κ2) is 8.72. The summed E-state index contributed by atoms with van der Waals surface area (Å²) in [5.74, 6) is 0.807. The number of hydrogen-bond donors (Lipinski definition) is 1. The molecule has 0 fully saturated rings. The Balaban J connectivity index is 2.70. The van der Waals surface area contributed by atoms with Gasteiger partial charge in [-0.25, -0.2) is 0 Å². The first-order chi connectivity index (χ1) is 9.14. The maximum atomic E-state index is 5.67. The summed E-state index contributed by atoms with van der Waals surface area (Å²) in [6, 6.07) is 6.47. The molecule has 3 heteroatoms. The van der Waals surface area contributed by atoms with Crippen LogP contribution < -0.4 is 5.73 Å². The molecule has 1 aromatic carbocycles. The van der Waals surface area contributed by atoms with Gasteiger partial charge < -0.3 is 5.73 Å². The van der Waals surface area contributed by atoms with E-state index in [0.717, 1.165) is 19.0 Å². The lowest BCUT2D eigenvalue weighted by Gasteiger charge is -2.25. The molecule has 0 radical (unpaired) electrons. The van der Waals surface area contributed by atoms with E-state index in [9.17, 15) is 0 Å². The number of hydrogen-bond acceptors (Lipinski definition) is 2. The Hall–Kier alpha value is -0.380. The molecule has 0 unspecified atom stereocenters. The van der Waals surface area contributed by atoms with Crippen molar-refractivity contribution in [1.29, 1.82) is 0 Å². The molecule has 0 spiro atoms. The standard InChI is InChI=1S/C16H27BrN2/c1-4-13(5-2)11-19(6-3)12-15-8-7-14(10-18)9-16(15)17/h7-9,13H,4-6,10-12,18H2,1-3H3. The first-order valence-corrected chi connectivity index (χ1v) is 8.13. The quantitative estimate of drug-likeness (QED) is 0.777. The van der Waals surface area contributed by atoms with E-state index >= 15 is 0 Å². The zero-order valence-corrected chi connectivity index (χ0v) is 14.0. The zero-order chi connectivity index (χ0) is 14.3. The molecule has 0 aliphatic carbocycles. The maximum Gasteiger partial charge on any atom is 0.0244 e. The average molecular weight is 327 g/mol. The van der Waals surface area contributed by atoms with Crippen LogP contribution >= 0.6 is 15.9 Å². The Labute approximate surface area is 126 Å². The summed E-state index contributed by atoms with van der Waals surface area (Å²) >= 11 is 3.66. The van der Waals surface area contributed by atoms with Crippen LogP contribution in [0.3, 0.4) is 0 Å². The van der Waals surface area contributed by atoms with Gasteiger partial charge in [0.25, 0.3) is 0 Å². The highest BCUT2D eigenvalue weighted by atomic mass is 79.9. The minimum atomic E-state index is 0.601. The van der Waals surface area contributed by atoms with Crippen molar-refractivity contribution in [2.24, 2.45) is 11.7 Å². The van der Waals surface area contributed by atoms with Crippen molar-refractivity contribution in [1.82, 2.24) is 4.90 Å². The fraction of sp³-hybridized carbons (Fsp3) is 0.625. The van der Waals surface area contributed by atoms with Crippen LogP contribution in [0.1, 0.15) is 44.7 Å². The first kappa shape index (κ1) is 16.7. The molecule has 1 aromatic rings. The van der Waals surface area contributed by atoms with Gasteiger partial charge in [0.2, 0.25) is 0 Å². The number of rotatable bonds is 8. The van der Waals surface area contributed by atoms with Crippen molar-refractivity contribution in [2.75, 3.05) is 13.1 Å². The first-order valence-electron chi connectivity index (χ1n) is 7.34. The summed E-state index contributed by atoms with van der Waals surface area (Å²) in [6.45, 7) is 10.7. The Morgan fingerprint density at radius 2 is 1.89 bits per heavy atom. The van der Waals surface area contributed by atoms with Gasteiger partial charge in [0.05, 0.1) is 0 Å². The van der Waals surface area contributed by atoms with Gasteiger partial charge >= 0.3 is 0 Å². The molecule has 1 rings (SSSR count). The lowest BCUT2D eigenvalue weighted by molar-refractivity contribution is 0.226. The molecule has 0 saturated heterocycles. The summed E-state index contributed by atoms with van der Waals surface area (Å²) in [7, 11) is 0. The lowest BCUT2D eigenvalue weighted by Crippen LogP contribution is -2.28. The van der Waals surface area contributed by atoms with Crippen LogP contribution in [0.4, 0.5) is 0 Å². The Morgan fingerprint density at radius 3 is 2.37 bits per heavy atom. The molecule has 2 nitrogen and oxygen atoms in total. The molecule has 2 N–H and O–H groups in total. The third-order valence-corrected chi connectivity index (χ3v) is 4.60. The topological polar surface area (TPSA) is 29.3 Å². The van der Waals surface area contributed by atoms with Crippen molar-refractivity contribution in [3.05, 3.63) is 33.8 Å². The van der Waals surface area contributed by atoms with E-state index in [1.54, 1.807) is 0 Å². The largest absolute Gasteiger partial charge is 0.326 e. The van der Waals surface area contributed by atoms with Gasteiger partial charge in [0, 0.05) is 24.1 Å². The molecule has 0 aliphatic rings. The molecule has 0 atom stereocenters. The summed E-state index contributed by atoms with van der Waals surface area (Å²) in [4.78, 5) is 2.53. The van der Waals surface area contributed by atoms with Crippen molar-refractivity contribution in [3.63, 3.8) is 0 Å². The average Bonchev–Trinajstić information content (AvgIpc) is 2.44. The van der Waals surface area contributed by atoms with Crippen LogP contribution in [-0.4, -0.2) is 18.0 Å². The van der Waals surface area contributed by atoms with Gasteiger partial charge in [0.15, 0.2) is 0 Å². The zero-order valence-electron chi connectivity index (χ0n) is 12.5. The predicted octanol–water partition coefficient (Wildman–Crippen LogP) is 4.17. The van der Waals surface area contributed by atoms with E-state index in [0.29, 0.717) is 6.54 Å². The molecule has 108 valence electrons. The predicted molar refractivity (Wildman–Crippen MR) is 87.1 cm³/mol. The molecule has 0 heterocycles. The van der Waals surface area contributed by atoms with Crippen LogP contribution in [0.5, 0.6) is 0 Å². The molecule has 0 saturated carbocycles. The highest BCUT2D eigenvalue weighted by Gasteiger charge is 2.12. The fourth-order valence-corrected chi connectivity index (χ4v) is 2.86. The lowest BCUT2D eigenvalue weighted by atomic mass is 10.0. The highest BCUT2D eigenvalue weighted by Crippen LogP contribution is 2.21. The number of halogens is 1. The SMILES string of the molecule is CCC(CC)CN(CC)Cc1ccc(CN)cc1Br. The van der Waals surface area contributed by atoms with E-state index in [4.69, 9.17) is 5.73 Å². The van der Waals surface area contributed by atoms with Crippen molar-refractivity contribution >= 4 is 15.9 Å². The van der Waals surface area contributed by atoms with Crippen molar-refractivity contribution in [3.8, 4) is 0 Å². The minimum Gasteiger partial charge on any atom is -0.326 e. The number of nitrogens with two attached hydrogens (primary N) is 1. The second-order valence-electron chi connectivity index (χ2n) is 5.14. The van der Waals surface area contributed by atoms with Crippen LogP contribution in [0, 0.1) is 5.92 Å². The smallest absolute Gasteiger partial charge is 0.0244 e. The van der Waals surface area contributed by atoms with E-state index < -0.39 is 0 Å². The number of nitrogens with zero attached hydrogens (tertiary/aromatic N) is 1. The molecule has 0 aliphatic heterocycles. The fourth-order valence-electron chi connectivity index (χ4n) is 2.30. The van der Waals surface area contributed by atoms with Crippen LogP contribution in [-0.2, 0) is 13.1 Å². The molecule has 0 bridgehead atoms. The maximum absolute atomic E-state index is 5.67. The monoisotopic (exact) mass is 326 g/mol. The Bertz CT molecular complexity index is 375.